The van der Waals surface area contributed by atoms with Crippen molar-refractivity contribution in [2.75, 3.05) is 33.9 Å². The van der Waals surface area contributed by atoms with Crippen molar-refractivity contribution < 1.29 is 13.2 Å². The van der Waals surface area contributed by atoms with Crippen LogP contribution in [-0.2, 0) is 14.8 Å². The molecule has 0 heterocycles. The first kappa shape index (κ1) is 18.1. The van der Waals surface area contributed by atoms with E-state index in [9.17, 15) is 8.42 Å². The number of hydrogen-bond acceptors (Lipinski definition) is 4. The molecule has 5 nitrogen and oxygen atoms in total. The summed E-state index contributed by atoms with van der Waals surface area (Å²) < 4.78 is 30.9. The standard InChI is InChI=1S/C15H26N2O3S/c1-5-10-16-13(2)14-6-8-15(9-7-14)21(18,19)17(3)11-12-20-4/h6-9,13,16H,5,10-12H2,1-4H3. The van der Waals surface area contributed by atoms with E-state index >= 15 is 0 Å². The van der Waals surface area contributed by atoms with E-state index in [0.29, 0.717) is 18.0 Å². The van der Waals surface area contributed by atoms with E-state index in [1.807, 2.05) is 12.1 Å². The van der Waals surface area contributed by atoms with E-state index in [-0.39, 0.29) is 6.04 Å². The number of rotatable bonds is 9. The van der Waals surface area contributed by atoms with Crippen molar-refractivity contribution in [1.82, 2.24) is 9.62 Å². The molecule has 1 aromatic rings. The molecule has 120 valence electrons. The van der Waals surface area contributed by atoms with Gasteiger partial charge in [-0.1, -0.05) is 19.1 Å². The molecular formula is C15H26N2O3S. The summed E-state index contributed by atoms with van der Waals surface area (Å²) in [5.41, 5.74) is 1.09. The largest absolute Gasteiger partial charge is 0.383 e. The van der Waals surface area contributed by atoms with Crippen molar-refractivity contribution in [3.05, 3.63) is 29.8 Å². The fourth-order valence-electron chi connectivity index (χ4n) is 1.93. The Kier molecular flexibility index (Phi) is 7.31. The molecule has 1 N–H and O–H groups in total. The number of methoxy groups -OCH3 is 1. The Balaban J connectivity index is 2.81. The predicted octanol–water partition coefficient (Wildman–Crippen LogP) is 2.01. The molecule has 1 unspecified atom stereocenters. The van der Waals surface area contributed by atoms with E-state index in [0.717, 1.165) is 18.5 Å². The molecule has 0 aromatic heterocycles. The zero-order valence-corrected chi connectivity index (χ0v) is 14.1. The van der Waals surface area contributed by atoms with Gasteiger partial charge in [0.1, 0.15) is 0 Å². The lowest BCUT2D eigenvalue weighted by atomic mass is 10.1. The molecule has 0 aliphatic heterocycles. The van der Waals surface area contributed by atoms with Crippen molar-refractivity contribution in [1.29, 1.82) is 0 Å². The molecule has 1 atom stereocenters. The van der Waals surface area contributed by atoms with Gasteiger partial charge in [0.15, 0.2) is 0 Å². The van der Waals surface area contributed by atoms with Crippen LogP contribution in [0.25, 0.3) is 0 Å². The number of nitrogens with zero attached hydrogens (tertiary/aromatic N) is 1. The quantitative estimate of drug-likeness (QED) is 0.757. The van der Waals surface area contributed by atoms with E-state index in [4.69, 9.17) is 4.74 Å². The second kappa shape index (κ2) is 8.48. The molecule has 6 heteroatoms. The normalized spacial score (nSPS) is 13.6. The minimum absolute atomic E-state index is 0.216. The Morgan fingerprint density at radius 1 is 1.29 bits per heavy atom. The van der Waals surface area contributed by atoms with Gasteiger partial charge in [-0.15, -0.1) is 0 Å². The molecule has 1 aromatic carbocycles. The first-order valence-electron chi connectivity index (χ1n) is 7.22. The molecule has 21 heavy (non-hydrogen) atoms. The molecule has 0 aliphatic carbocycles. The van der Waals surface area contributed by atoms with Crippen LogP contribution in [0.5, 0.6) is 0 Å². The maximum Gasteiger partial charge on any atom is 0.242 e. The van der Waals surface area contributed by atoms with Gasteiger partial charge in [0, 0.05) is 26.7 Å². The Morgan fingerprint density at radius 3 is 2.43 bits per heavy atom. The lowest BCUT2D eigenvalue weighted by molar-refractivity contribution is 0.185. The highest BCUT2D eigenvalue weighted by Gasteiger charge is 2.20. The third-order valence-corrected chi connectivity index (χ3v) is 5.27. The fourth-order valence-corrected chi connectivity index (χ4v) is 3.08. The molecule has 0 fully saturated rings. The average molecular weight is 314 g/mol. The highest BCUT2D eigenvalue weighted by molar-refractivity contribution is 7.89. The van der Waals surface area contributed by atoms with Gasteiger partial charge >= 0.3 is 0 Å². The summed E-state index contributed by atoms with van der Waals surface area (Å²) in [5.74, 6) is 0. The van der Waals surface area contributed by atoms with Gasteiger partial charge in [0.05, 0.1) is 11.5 Å². The van der Waals surface area contributed by atoms with Gasteiger partial charge in [-0.2, -0.15) is 4.31 Å². The highest BCUT2D eigenvalue weighted by Crippen LogP contribution is 2.18. The van der Waals surface area contributed by atoms with Crippen molar-refractivity contribution in [2.45, 2.75) is 31.2 Å². The van der Waals surface area contributed by atoms with Crippen LogP contribution < -0.4 is 5.32 Å². The smallest absolute Gasteiger partial charge is 0.242 e. The molecule has 0 bridgehead atoms. The van der Waals surface area contributed by atoms with Crippen molar-refractivity contribution in [3.8, 4) is 0 Å². The Morgan fingerprint density at radius 2 is 1.90 bits per heavy atom. The minimum atomic E-state index is -3.44. The van der Waals surface area contributed by atoms with Gasteiger partial charge in [0.2, 0.25) is 10.0 Å². The molecule has 0 saturated heterocycles. The van der Waals surface area contributed by atoms with Crippen LogP contribution in [0.4, 0.5) is 0 Å². The zero-order chi connectivity index (χ0) is 15.9. The van der Waals surface area contributed by atoms with E-state index in [1.165, 1.54) is 4.31 Å². The molecule has 0 saturated carbocycles. The first-order chi connectivity index (χ1) is 9.93. The predicted molar refractivity (Wildman–Crippen MR) is 84.8 cm³/mol. The van der Waals surface area contributed by atoms with Gasteiger partial charge in [-0.3, -0.25) is 0 Å². The van der Waals surface area contributed by atoms with Crippen LogP contribution in [0, 0.1) is 0 Å². The second-order valence-corrected chi connectivity index (χ2v) is 7.11. The Labute approximate surface area is 128 Å². The van der Waals surface area contributed by atoms with Crippen LogP contribution in [0.3, 0.4) is 0 Å². The number of sulfonamides is 1. The number of benzene rings is 1. The average Bonchev–Trinajstić information content (AvgIpc) is 2.50. The number of hydrogen-bond donors (Lipinski definition) is 1. The summed E-state index contributed by atoms with van der Waals surface area (Å²) in [7, 11) is -0.319. The van der Waals surface area contributed by atoms with Gasteiger partial charge in [-0.25, -0.2) is 8.42 Å². The van der Waals surface area contributed by atoms with E-state index < -0.39 is 10.0 Å². The first-order valence-corrected chi connectivity index (χ1v) is 8.66. The van der Waals surface area contributed by atoms with Crippen LogP contribution >= 0.6 is 0 Å². The monoisotopic (exact) mass is 314 g/mol. The number of ether oxygens (including phenoxy) is 1. The summed E-state index contributed by atoms with van der Waals surface area (Å²) in [5, 5.41) is 3.38. The summed E-state index contributed by atoms with van der Waals surface area (Å²) >= 11 is 0. The molecule has 0 amide bonds. The van der Waals surface area contributed by atoms with Crippen molar-refractivity contribution in [3.63, 3.8) is 0 Å². The molecule has 1 rings (SSSR count). The van der Waals surface area contributed by atoms with Crippen LogP contribution in [0.15, 0.2) is 29.2 Å². The van der Waals surface area contributed by atoms with Gasteiger partial charge in [-0.05, 0) is 37.6 Å². The lowest BCUT2D eigenvalue weighted by Crippen LogP contribution is -2.30. The summed E-state index contributed by atoms with van der Waals surface area (Å²) in [6.45, 7) is 5.86. The number of nitrogens with one attached hydrogen (secondary N) is 1. The van der Waals surface area contributed by atoms with Gasteiger partial charge in [0.25, 0.3) is 0 Å². The fraction of sp³-hybridized carbons (Fsp3) is 0.600. The lowest BCUT2D eigenvalue weighted by Gasteiger charge is -2.18. The molecule has 0 spiro atoms. The van der Waals surface area contributed by atoms with Crippen molar-refractivity contribution in [2.24, 2.45) is 0 Å². The molecular weight excluding hydrogens is 288 g/mol. The summed E-state index contributed by atoms with van der Waals surface area (Å²) in [6.07, 6.45) is 1.07. The van der Waals surface area contributed by atoms with Crippen LogP contribution in [0.2, 0.25) is 0 Å². The maximum absolute atomic E-state index is 12.3. The van der Waals surface area contributed by atoms with Gasteiger partial charge < -0.3 is 10.1 Å². The number of likely N-dealkylation sites (N-methyl/N-ethyl adjacent to an activating group) is 1. The summed E-state index contributed by atoms with van der Waals surface area (Å²) in [4.78, 5) is 0.313. The topological polar surface area (TPSA) is 58.6 Å². The van der Waals surface area contributed by atoms with E-state index in [1.54, 1.807) is 26.3 Å². The molecule has 0 radical (unpaired) electrons. The minimum Gasteiger partial charge on any atom is -0.383 e. The second-order valence-electron chi connectivity index (χ2n) is 5.06. The van der Waals surface area contributed by atoms with Crippen LogP contribution in [-0.4, -0.2) is 46.6 Å². The Hall–Kier alpha value is -0.950. The van der Waals surface area contributed by atoms with Crippen molar-refractivity contribution >= 4 is 10.0 Å². The third kappa shape index (κ3) is 5.07. The zero-order valence-electron chi connectivity index (χ0n) is 13.3. The third-order valence-electron chi connectivity index (χ3n) is 3.40. The highest BCUT2D eigenvalue weighted by atomic mass is 32.2. The Bertz CT molecular complexity index is 514. The van der Waals surface area contributed by atoms with Crippen LogP contribution in [0.1, 0.15) is 31.9 Å². The maximum atomic E-state index is 12.3. The van der Waals surface area contributed by atoms with E-state index in [2.05, 4.69) is 19.2 Å². The molecule has 0 aliphatic rings. The summed E-state index contributed by atoms with van der Waals surface area (Å²) in [6, 6.07) is 7.28. The SMILES string of the molecule is CCCNC(C)c1ccc(S(=O)(=O)N(C)CCOC)cc1.